The molecule has 17 nitrogen and oxygen atoms in total. The molecule has 0 bridgehead atoms. The van der Waals surface area contributed by atoms with Gasteiger partial charge in [-0.25, -0.2) is 9.13 Å². The minimum Gasteiger partial charge on any atom is -0.462 e. The van der Waals surface area contributed by atoms with E-state index in [1.807, 2.05) is 0 Å². The second-order valence-corrected chi connectivity index (χ2v) is 30.0. The van der Waals surface area contributed by atoms with Gasteiger partial charge >= 0.3 is 39.5 Å². The number of carbonyl (C=O) groups is 4. The number of hydrogen-bond donors (Lipinski definition) is 3. The van der Waals surface area contributed by atoms with Gasteiger partial charge in [-0.1, -0.05) is 324 Å². The predicted molar refractivity (Wildman–Crippen MR) is 372 cm³/mol. The summed E-state index contributed by atoms with van der Waals surface area (Å²) in [6.07, 6.45) is 51.6. The number of carbonyl (C=O) groups excluding carboxylic acids is 4. The van der Waals surface area contributed by atoms with E-state index in [1.165, 1.54) is 186 Å². The first kappa shape index (κ1) is 90.1. The van der Waals surface area contributed by atoms with Crippen molar-refractivity contribution in [3.63, 3.8) is 0 Å². The van der Waals surface area contributed by atoms with Crippen LogP contribution in [0.2, 0.25) is 0 Å². The second kappa shape index (κ2) is 65.0. The van der Waals surface area contributed by atoms with Crippen molar-refractivity contribution in [2.75, 3.05) is 39.6 Å². The van der Waals surface area contributed by atoms with Crippen molar-refractivity contribution < 1.29 is 80.2 Å². The minimum atomic E-state index is -4.95. The molecule has 0 heterocycles. The Labute approximate surface area is 562 Å². The zero-order chi connectivity index (χ0) is 67.9. The van der Waals surface area contributed by atoms with Crippen LogP contribution in [-0.4, -0.2) is 96.7 Å². The molecule has 0 aromatic heterocycles. The van der Waals surface area contributed by atoms with Crippen LogP contribution < -0.4 is 0 Å². The summed E-state index contributed by atoms with van der Waals surface area (Å²) in [6, 6.07) is 0. The monoisotopic (exact) mass is 1350 g/mol. The lowest BCUT2D eigenvalue weighted by atomic mass is 9.99. The van der Waals surface area contributed by atoms with Crippen molar-refractivity contribution >= 4 is 39.5 Å². The average Bonchev–Trinajstić information content (AvgIpc) is 1.52. The molecule has 92 heavy (non-hydrogen) atoms. The number of phosphoric ester groups is 2. The van der Waals surface area contributed by atoms with Crippen LogP contribution in [0.15, 0.2) is 0 Å². The van der Waals surface area contributed by atoms with E-state index in [0.717, 1.165) is 108 Å². The maximum atomic E-state index is 13.0. The molecular formula is C73H142O17P2. The van der Waals surface area contributed by atoms with Crippen LogP contribution in [0.3, 0.4) is 0 Å². The quantitative estimate of drug-likeness (QED) is 0.0222. The molecule has 0 saturated carbocycles. The molecule has 0 amide bonds. The number of phosphoric acid groups is 2. The topological polar surface area (TPSA) is 237 Å². The van der Waals surface area contributed by atoms with Gasteiger partial charge in [0.2, 0.25) is 0 Å². The largest absolute Gasteiger partial charge is 0.472 e. The highest BCUT2D eigenvalue weighted by molar-refractivity contribution is 7.47. The molecule has 0 radical (unpaired) electrons. The summed E-state index contributed by atoms with van der Waals surface area (Å²) in [5.41, 5.74) is 0. The Morgan fingerprint density at radius 1 is 0.315 bits per heavy atom. The van der Waals surface area contributed by atoms with Crippen molar-refractivity contribution in [3.8, 4) is 0 Å². The highest BCUT2D eigenvalue weighted by Crippen LogP contribution is 2.45. The molecule has 3 unspecified atom stereocenters. The lowest BCUT2D eigenvalue weighted by Gasteiger charge is -2.21. The van der Waals surface area contributed by atoms with E-state index in [-0.39, 0.29) is 25.7 Å². The number of aliphatic hydroxyl groups excluding tert-OH is 1. The van der Waals surface area contributed by atoms with Gasteiger partial charge in [0, 0.05) is 25.7 Å². The molecule has 0 fully saturated rings. The highest BCUT2D eigenvalue weighted by atomic mass is 31.2. The maximum Gasteiger partial charge on any atom is 0.472 e. The number of unbranched alkanes of at least 4 members (excludes halogenated alkanes) is 41. The SMILES string of the molecule is CCCCCCCCCCCCCCCCCCCCCCCC(=O)O[C@H](COC(=O)CCCCCCCCCCC(C)CC)COP(=O)(O)OC[C@@H](O)COP(=O)(O)OC[C@@H](COC(=O)CCCCCCCCCC)OC(=O)CCCCCCCCCCC(C)C. The Bertz CT molecular complexity index is 1790. The van der Waals surface area contributed by atoms with Crippen LogP contribution in [0.5, 0.6) is 0 Å². The first-order chi connectivity index (χ1) is 44.4. The van der Waals surface area contributed by atoms with Gasteiger partial charge in [-0.3, -0.25) is 37.3 Å². The Morgan fingerprint density at radius 2 is 0.554 bits per heavy atom. The summed E-state index contributed by atoms with van der Waals surface area (Å²) in [4.78, 5) is 72.5. The molecule has 3 N–H and O–H groups in total. The molecule has 6 atom stereocenters. The number of hydrogen-bond acceptors (Lipinski definition) is 15. The van der Waals surface area contributed by atoms with E-state index in [0.29, 0.717) is 25.7 Å². The van der Waals surface area contributed by atoms with Crippen LogP contribution in [-0.2, 0) is 65.4 Å². The first-order valence-corrected chi connectivity index (χ1v) is 41.0. The van der Waals surface area contributed by atoms with Crippen LogP contribution in [0, 0.1) is 11.8 Å². The van der Waals surface area contributed by atoms with Crippen LogP contribution in [0.25, 0.3) is 0 Å². The predicted octanol–water partition coefficient (Wildman–Crippen LogP) is 21.2. The van der Waals surface area contributed by atoms with Crippen molar-refractivity contribution in [2.45, 2.75) is 394 Å². The van der Waals surface area contributed by atoms with E-state index in [2.05, 4.69) is 41.5 Å². The van der Waals surface area contributed by atoms with Crippen molar-refractivity contribution in [3.05, 3.63) is 0 Å². The van der Waals surface area contributed by atoms with Gasteiger partial charge in [0.05, 0.1) is 26.4 Å². The van der Waals surface area contributed by atoms with Crippen molar-refractivity contribution in [2.24, 2.45) is 11.8 Å². The summed E-state index contributed by atoms with van der Waals surface area (Å²) < 4.78 is 68.3. The van der Waals surface area contributed by atoms with E-state index < -0.39 is 97.5 Å². The van der Waals surface area contributed by atoms with Crippen LogP contribution in [0.4, 0.5) is 0 Å². The zero-order valence-corrected chi connectivity index (χ0v) is 61.6. The molecule has 0 aliphatic rings. The molecule has 0 spiro atoms. The van der Waals surface area contributed by atoms with Gasteiger partial charge in [0.15, 0.2) is 12.2 Å². The third-order valence-electron chi connectivity index (χ3n) is 17.3. The fourth-order valence-electron chi connectivity index (χ4n) is 11.1. The summed E-state index contributed by atoms with van der Waals surface area (Å²) in [5, 5.41) is 10.6. The standard InChI is InChI=1S/C73H142O17P2/c1-7-10-12-14-16-18-19-20-21-22-23-24-25-26-27-28-29-30-39-45-51-57-72(77)89-69(62-84-71(76)56-50-44-38-34-32-36-42-48-54-66(6)9-3)64-88-92(81,82)86-60-67(74)59-85-91(79,80)87-63-68(61-83-70(75)55-49-43-37-17-15-13-11-8-2)90-73(78)58-52-46-40-33-31-35-41-47-53-65(4)5/h65-69,74H,7-64H2,1-6H3,(H,79,80)(H,81,82)/t66?,67-,68+,69+/m0/s1. The lowest BCUT2D eigenvalue weighted by Crippen LogP contribution is -2.30. The Kier molecular flexibility index (Phi) is 63.7. The number of rotatable bonds is 72. The van der Waals surface area contributed by atoms with E-state index >= 15 is 0 Å². The Balaban J connectivity index is 5.16. The molecule has 19 heteroatoms. The Hall–Kier alpha value is -1.94. The fourth-order valence-corrected chi connectivity index (χ4v) is 12.7. The molecule has 0 rings (SSSR count). The number of aliphatic hydroxyl groups is 1. The zero-order valence-electron chi connectivity index (χ0n) is 59.9. The lowest BCUT2D eigenvalue weighted by molar-refractivity contribution is -0.161. The summed E-state index contributed by atoms with van der Waals surface area (Å²) in [5.74, 6) is -0.630. The third kappa shape index (κ3) is 65.4. The van der Waals surface area contributed by atoms with Gasteiger partial charge in [0.1, 0.15) is 19.3 Å². The number of esters is 4. The summed E-state index contributed by atoms with van der Waals surface area (Å²) >= 11 is 0. The number of ether oxygens (including phenoxy) is 4. The molecule has 0 aromatic carbocycles. The van der Waals surface area contributed by atoms with E-state index in [4.69, 9.17) is 37.0 Å². The maximum absolute atomic E-state index is 13.0. The second-order valence-electron chi connectivity index (χ2n) is 27.1. The van der Waals surface area contributed by atoms with Crippen molar-refractivity contribution in [1.29, 1.82) is 0 Å². The smallest absolute Gasteiger partial charge is 0.462 e. The average molecular weight is 1350 g/mol. The third-order valence-corrected chi connectivity index (χ3v) is 19.2. The van der Waals surface area contributed by atoms with Gasteiger partial charge in [-0.2, -0.15) is 0 Å². The van der Waals surface area contributed by atoms with Crippen molar-refractivity contribution in [1.82, 2.24) is 0 Å². The highest BCUT2D eigenvalue weighted by Gasteiger charge is 2.30. The minimum absolute atomic E-state index is 0.104. The molecule has 0 aliphatic heterocycles. The van der Waals surface area contributed by atoms with E-state index in [1.54, 1.807) is 0 Å². The Morgan fingerprint density at radius 3 is 0.826 bits per heavy atom. The summed E-state index contributed by atoms with van der Waals surface area (Å²) in [7, 11) is -9.90. The first-order valence-electron chi connectivity index (χ1n) is 38.0. The molecule has 0 saturated heterocycles. The normalized spacial score (nSPS) is 14.4. The molecule has 0 aromatic rings. The van der Waals surface area contributed by atoms with Crippen LogP contribution in [0.1, 0.15) is 375 Å². The summed E-state index contributed by atoms with van der Waals surface area (Å²) in [6.45, 7) is 9.50. The molecular weight excluding hydrogens is 1210 g/mol. The molecule has 0 aliphatic carbocycles. The van der Waals surface area contributed by atoms with Gasteiger partial charge in [0.25, 0.3) is 0 Å². The van der Waals surface area contributed by atoms with Gasteiger partial charge < -0.3 is 33.8 Å². The van der Waals surface area contributed by atoms with Gasteiger partial charge in [-0.05, 0) is 37.5 Å². The van der Waals surface area contributed by atoms with Gasteiger partial charge in [-0.15, -0.1) is 0 Å². The van der Waals surface area contributed by atoms with E-state index in [9.17, 15) is 43.2 Å². The van der Waals surface area contributed by atoms with Crippen LogP contribution >= 0.6 is 15.6 Å². The molecule has 546 valence electrons. The fraction of sp³-hybridized carbons (Fsp3) is 0.945.